The number of hydrogen-bond acceptors (Lipinski definition) is 3. The Labute approximate surface area is 121 Å². The van der Waals surface area contributed by atoms with Crippen LogP contribution in [0.25, 0.3) is 0 Å². The lowest BCUT2D eigenvalue weighted by Gasteiger charge is -2.13. The van der Waals surface area contributed by atoms with Crippen molar-refractivity contribution >= 4 is 5.91 Å². The Morgan fingerprint density at radius 2 is 2.05 bits per heavy atom. The van der Waals surface area contributed by atoms with E-state index in [4.69, 9.17) is 10.5 Å². The highest BCUT2D eigenvalue weighted by atomic mass is 19.1. The number of amides is 1. The third kappa shape index (κ3) is 2.91. The molecule has 0 aromatic heterocycles. The standard InChI is InChI=1S/C15H18F2N2O2/c16-10-2-1-3-11(17)14(10)9-6-12(9)19-15(20)13-5-4-8(7-18)21-13/h1-3,8-9,12-13H,4-7,18H2,(H,19,20)/t8-,9-,12+,13+/m1/s1. The fourth-order valence-electron chi connectivity index (χ4n) is 2.89. The van der Waals surface area contributed by atoms with Gasteiger partial charge in [-0.15, -0.1) is 0 Å². The maximum Gasteiger partial charge on any atom is 0.249 e. The van der Waals surface area contributed by atoms with E-state index < -0.39 is 17.7 Å². The minimum atomic E-state index is -0.558. The molecule has 0 radical (unpaired) electrons. The van der Waals surface area contributed by atoms with Gasteiger partial charge in [0.1, 0.15) is 17.7 Å². The zero-order valence-electron chi connectivity index (χ0n) is 11.5. The maximum absolute atomic E-state index is 13.7. The summed E-state index contributed by atoms with van der Waals surface area (Å²) in [4.78, 5) is 12.0. The van der Waals surface area contributed by atoms with Crippen LogP contribution < -0.4 is 11.1 Å². The highest BCUT2D eigenvalue weighted by Gasteiger charge is 2.44. The van der Waals surface area contributed by atoms with Gasteiger partial charge in [0.15, 0.2) is 0 Å². The number of rotatable bonds is 4. The summed E-state index contributed by atoms with van der Waals surface area (Å²) in [5.41, 5.74) is 5.57. The Hall–Kier alpha value is -1.53. The fourth-order valence-corrected chi connectivity index (χ4v) is 2.89. The SMILES string of the molecule is NC[C@H]1CC[C@@H](C(=O)N[C@H]2C[C@H]2c2c(F)cccc2F)O1. The van der Waals surface area contributed by atoms with Gasteiger partial charge in [0.25, 0.3) is 0 Å². The molecular formula is C15H18F2N2O2. The number of nitrogens with two attached hydrogens (primary N) is 1. The monoisotopic (exact) mass is 296 g/mol. The quantitative estimate of drug-likeness (QED) is 0.884. The zero-order valence-corrected chi connectivity index (χ0v) is 11.5. The number of hydrogen-bond donors (Lipinski definition) is 2. The topological polar surface area (TPSA) is 64.4 Å². The van der Waals surface area contributed by atoms with Crippen LogP contribution in [0.5, 0.6) is 0 Å². The molecule has 114 valence electrons. The van der Waals surface area contributed by atoms with Crippen LogP contribution in [0.2, 0.25) is 0 Å². The second-order valence-corrected chi connectivity index (χ2v) is 5.65. The van der Waals surface area contributed by atoms with Gasteiger partial charge in [-0.3, -0.25) is 4.79 Å². The van der Waals surface area contributed by atoms with Gasteiger partial charge in [-0.1, -0.05) is 6.07 Å². The van der Waals surface area contributed by atoms with Crippen molar-refractivity contribution in [2.45, 2.75) is 43.4 Å². The number of ether oxygens (including phenoxy) is 1. The molecule has 1 amide bonds. The Balaban J connectivity index is 1.58. The molecule has 0 unspecified atom stereocenters. The predicted molar refractivity (Wildman–Crippen MR) is 72.6 cm³/mol. The highest BCUT2D eigenvalue weighted by molar-refractivity contribution is 5.81. The molecule has 1 saturated heterocycles. The largest absolute Gasteiger partial charge is 0.364 e. The second-order valence-electron chi connectivity index (χ2n) is 5.65. The predicted octanol–water partition coefficient (Wildman–Crippen LogP) is 1.44. The van der Waals surface area contributed by atoms with E-state index in [0.717, 1.165) is 6.42 Å². The molecule has 1 heterocycles. The van der Waals surface area contributed by atoms with Crippen LogP contribution in [0.3, 0.4) is 0 Å². The van der Waals surface area contributed by atoms with Crippen molar-refractivity contribution in [3.8, 4) is 0 Å². The first kappa shape index (κ1) is 14.4. The van der Waals surface area contributed by atoms with Gasteiger partial charge >= 0.3 is 0 Å². The van der Waals surface area contributed by atoms with E-state index >= 15 is 0 Å². The molecule has 1 aliphatic carbocycles. The Morgan fingerprint density at radius 3 is 2.67 bits per heavy atom. The van der Waals surface area contributed by atoms with Crippen molar-refractivity contribution in [2.24, 2.45) is 5.73 Å². The molecule has 21 heavy (non-hydrogen) atoms. The summed E-state index contributed by atoms with van der Waals surface area (Å²) in [6.07, 6.45) is 1.39. The Kier molecular flexibility index (Phi) is 3.91. The molecule has 6 heteroatoms. The average molecular weight is 296 g/mol. The van der Waals surface area contributed by atoms with Gasteiger partial charge in [0.05, 0.1) is 6.10 Å². The number of nitrogens with one attached hydrogen (secondary N) is 1. The molecule has 1 aliphatic heterocycles. The van der Waals surface area contributed by atoms with Gasteiger partial charge in [-0.25, -0.2) is 8.78 Å². The molecule has 4 atom stereocenters. The van der Waals surface area contributed by atoms with Crippen LogP contribution in [0.4, 0.5) is 8.78 Å². The van der Waals surface area contributed by atoms with Crippen LogP contribution in [0.15, 0.2) is 18.2 Å². The van der Waals surface area contributed by atoms with Crippen LogP contribution in [0, 0.1) is 11.6 Å². The molecule has 0 spiro atoms. The summed E-state index contributed by atoms with van der Waals surface area (Å²) in [7, 11) is 0. The summed E-state index contributed by atoms with van der Waals surface area (Å²) in [6, 6.07) is 3.59. The number of benzene rings is 1. The van der Waals surface area contributed by atoms with E-state index in [-0.39, 0.29) is 29.5 Å². The molecule has 3 rings (SSSR count). The molecule has 2 aliphatic rings. The van der Waals surface area contributed by atoms with Gasteiger partial charge in [-0.2, -0.15) is 0 Å². The number of halogens is 2. The Bertz CT molecular complexity index is 532. The highest BCUT2D eigenvalue weighted by Crippen LogP contribution is 2.43. The molecule has 0 bridgehead atoms. The average Bonchev–Trinajstić information content (AvgIpc) is 3.03. The fraction of sp³-hybridized carbons (Fsp3) is 0.533. The molecular weight excluding hydrogens is 278 g/mol. The summed E-state index contributed by atoms with van der Waals surface area (Å²) in [6.45, 7) is 0.399. The maximum atomic E-state index is 13.7. The first-order chi connectivity index (χ1) is 10.1. The van der Waals surface area contributed by atoms with E-state index in [2.05, 4.69) is 5.32 Å². The lowest BCUT2D eigenvalue weighted by molar-refractivity contribution is -0.132. The third-order valence-electron chi connectivity index (χ3n) is 4.15. The van der Waals surface area contributed by atoms with Crippen molar-refractivity contribution in [3.63, 3.8) is 0 Å². The number of carbonyl (C=O) groups is 1. The normalized spacial score (nSPS) is 31.2. The zero-order chi connectivity index (χ0) is 15.0. The molecule has 4 nitrogen and oxygen atoms in total. The second kappa shape index (κ2) is 5.69. The van der Waals surface area contributed by atoms with E-state index in [0.29, 0.717) is 19.4 Å². The first-order valence-corrected chi connectivity index (χ1v) is 7.20. The van der Waals surface area contributed by atoms with Crippen molar-refractivity contribution in [1.29, 1.82) is 0 Å². The minimum Gasteiger partial charge on any atom is -0.364 e. The number of carbonyl (C=O) groups excluding carboxylic acids is 1. The third-order valence-corrected chi connectivity index (χ3v) is 4.15. The minimum absolute atomic E-state index is 0.0648. The van der Waals surface area contributed by atoms with Crippen LogP contribution in [0.1, 0.15) is 30.7 Å². The van der Waals surface area contributed by atoms with Crippen LogP contribution in [-0.4, -0.2) is 30.7 Å². The first-order valence-electron chi connectivity index (χ1n) is 7.20. The van der Waals surface area contributed by atoms with Crippen LogP contribution >= 0.6 is 0 Å². The van der Waals surface area contributed by atoms with E-state index in [9.17, 15) is 13.6 Å². The smallest absolute Gasteiger partial charge is 0.249 e. The summed E-state index contributed by atoms with van der Waals surface area (Å²) in [5.74, 6) is -1.62. The van der Waals surface area contributed by atoms with Gasteiger partial charge < -0.3 is 15.8 Å². The van der Waals surface area contributed by atoms with Crippen molar-refractivity contribution in [2.75, 3.05) is 6.54 Å². The van der Waals surface area contributed by atoms with Gasteiger partial charge in [-0.05, 0) is 31.4 Å². The molecule has 2 fully saturated rings. The van der Waals surface area contributed by atoms with Gasteiger partial charge in [0.2, 0.25) is 5.91 Å². The van der Waals surface area contributed by atoms with Gasteiger partial charge in [0, 0.05) is 24.1 Å². The Morgan fingerprint density at radius 1 is 1.33 bits per heavy atom. The molecule has 3 N–H and O–H groups in total. The summed E-state index contributed by atoms with van der Waals surface area (Å²) < 4.78 is 32.8. The molecule has 1 saturated carbocycles. The van der Waals surface area contributed by atoms with E-state index in [1.54, 1.807) is 0 Å². The van der Waals surface area contributed by atoms with E-state index in [1.807, 2.05) is 0 Å². The lowest BCUT2D eigenvalue weighted by atomic mass is 10.1. The van der Waals surface area contributed by atoms with Crippen LogP contribution in [-0.2, 0) is 9.53 Å². The molecule has 1 aromatic rings. The molecule has 1 aromatic carbocycles. The summed E-state index contributed by atoms with van der Waals surface area (Å²) in [5, 5.41) is 2.81. The van der Waals surface area contributed by atoms with Crippen molar-refractivity contribution < 1.29 is 18.3 Å². The van der Waals surface area contributed by atoms with E-state index in [1.165, 1.54) is 18.2 Å². The lowest BCUT2D eigenvalue weighted by Crippen LogP contribution is -2.37. The summed E-state index contributed by atoms with van der Waals surface area (Å²) >= 11 is 0. The van der Waals surface area contributed by atoms with Crippen molar-refractivity contribution in [3.05, 3.63) is 35.4 Å². The van der Waals surface area contributed by atoms with Crippen molar-refractivity contribution in [1.82, 2.24) is 5.32 Å².